The molecular formula is C16H23N3O2. The van der Waals surface area contributed by atoms with E-state index in [2.05, 4.69) is 10.2 Å². The van der Waals surface area contributed by atoms with Crippen molar-refractivity contribution < 1.29 is 4.92 Å². The first-order chi connectivity index (χ1) is 10.1. The fraction of sp³-hybridized carbons (Fsp3) is 0.625. The van der Waals surface area contributed by atoms with Gasteiger partial charge in [-0.1, -0.05) is 12.5 Å². The van der Waals surface area contributed by atoms with Crippen LogP contribution in [0.4, 0.5) is 17.1 Å². The Balaban J connectivity index is 1.81. The van der Waals surface area contributed by atoms with Crippen molar-refractivity contribution in [3.63, 3.8) is 0 Å². The Hall–Kier alpha value is -1.78. The number of nitro groups is 1. The van der Waals surface area contributed by atoms with Gasteiger partial charge in [-0.25, -0.2) is 0 Å². The molecule has 0 saturated heterocycles. The van der Waals surface area contributed by atoms with Gasteiger partial charge in [0.05, 0.1) is 4.92 Å². The van der Waals surface area contributed by atoms with E-state index in [4.69, 9.17) is 0 Å². The summed E-state index contributed by atoms with van der Waals surface area (Å²) in [6.07, 6.45) is 5.41. The van der Waals surface area contributed by atoms with Gasteiger partial charge in [-0.15, -0.1) is 0 Å². The fourth-order valence-electron chi connectivity index (χ4n) is 4.28. The molecule has 3 unspecified atom stereocenters. The molecule has 0 radical (unpaired) electrons. The zero-order valence-electron chi connectivity index (χ0n) is 12.7. The third-order valence-corrected chi connectivity index (χ3v) is 5.27. The maximum absolute atomic E-state index is 11.4. The highest BCUT2D eigenvalue weighted by Crippen LogP contribution is 2.49. The Kier molecular flexibility index (Phi) is 3.74. The zero-order chi connectivity index (χ0) is 15.0. The van der Waals surface area contributed by atoms with Crippen LogP contribution in [0.1, 0.15) is 25.7 Å². The summed E-state index contributed by atoms with van der Waals surface area (Å²) in [5.74, 6) is 2.45. The van der Waals surface area contributed by atoms with Gasteiger partial charge in [0.15, 0.2) is 0 Å². The van der Waals surface area contributed by atoms with Crippen molar-refractivity contribution in [2.24, 2.45) is 17.8 Å². The molecule has 2 bridgehead atoms. The standard InChI is InChI=1S/C16H23N3O2/c1-17-14-4-3-5-15(16(14)19(20)21)18(2)10-13-9-11-6-7-12(13)8-11/h3-5,11-13,17H,6-10H2,1-2H3. The average Bonchev–Trinajstić information content (AvgIpc) is 3.08. The van der Waals surface area contributed by atoms with Crippen molar-refractivity contribution in [2.45, 2.75) is 25.7 Å². The summed E-state index contributed by atoms with van der Waals surface area (Å²) in [5.41, 5.74) is 1.48. The number of nitrogens with zero attached hydrogens (tertiary/aromatic N) is 2. The van der Waals surface area contributed by atoms with E-state index >= 15 is 0 Å². The predicted molar refractivity (Wildman–Crippen MR) is 84.9 cm³/mol. The van der Waals surface area contributed by atoms with Gasteiger partial charge in [-0.05, 0) is 49.1 Å². The first-order valence-electron chi connectivity index (χ1n) is 7.76. The third kappa shape index (κ3) is 2.57. The summed E-state index contributed by atoms with van der Waals surface area (Å²) in [7, 11) is 3.70. The van der Waals surface area contributed by atoms with Crippen LogP contribution in [0.15, 0.2) is 18.2 Å². The minimum absolute atomic E-state index is 0.186. The topological polar surface area (TPSA) is 58.4 Å². The Labute approximate surface area is 125 Å². The summed E-state index contributed by atoms with van der Waals surface area (Å²) in [6.45, 7) is 0.926. The molecule has 3 rings (SSSR count). The highest BCUT2D eigenvalue weighted by molar-refractivity contribution is 5.76. The second-order valence-corrected chi connectivity index (χ2v) is 6.50. The quantitative estimate of drug-likeness (QED) is 0.665. The molecule has 3 atom stereocenters. The first kappa shape index (κ1) is 14.2. The summed E-state index contributed by atoms with van der Waals surface area (Å²) >= 11 is 0. The molecule has 2 fully saturated rings. The van der Waals surface area contributed by atoms with Crippen LogP contribution < -0.4 is 10.2 Å². The number of para-hydroxylation sites is 1. The molecule has 114 valence electrons. The van der Waals surface area contributed by atoms with Gasteiger partial charge in [-0.2, -0.15) is 0 Å². The Morgan fingerprint density at radius 2 is 2.19 bits per heavy atom. The van der Waals surface area contributed by atoms with Crippen LogP contribution in [0.5, 0.6) is 0 Å². The average molecular weight is 289 g/mol. The highest BCUT2D eigenvalue weighted by Gasteiger charge is 2.40. The Morgan fingerprint density at radius 1 is 1.38 bits per heavy atom. The van der Waals surface area contributed by atoms with Gasteiger partial charge in [0.25, 0.3) is 0 Å². The molecule has 0 aliphatic heterocycles. The van der Waals surface area contributed by atoms with E-state index in [0.29, 0.717) is 11.6 Å². The van der Waals surface area contributed by atoms with Gasteiger partial charge < -0.3 is 10.2 Å². The number of hydrogen-bond acceptors (Lipinski definition) is 4. The minimum Gasteiger partial charge on any atom is -0.382 e. The predicted octanol–water partition coefficient (Wildman–Crippen LogP) is 3.51. The van der Waals surface area contributed by atoms with E-state index < -0.39 is 0 Å². The lowest BCUT2D eigenvalue weighted by Gasteiger charge is -2.28. The lowest BCUT2D eigenvalue weighted by molar-refractivity contribution is -0.383. The molecule has 0 amide bonds. The Bertz CT molecular complexity index is 546. The number of nitrogens with one attached hydrogen (secondary N) is 1. The first-order valence-corrected chi connectivity index (χ1v) is 7.76. The van der Waals surface area contributed by atoms with E-state index in [-0.39, 0.29) is 10.6 Å². The zero-order valence-corrected chi connectivity index (χ0v) is 12.7. The van der Waals surface area contributed by atoms with E-state index in [0.717, 1.165) is 24.1 Å². The summed E-state index contributed by atoms with van der Waals surface area (Å²) < 4.78 is 0. The largest absolute Gasteiger partial charge is 0.382 e. The van der Waals surface area contributed by atoms with Crippen LogP contribution in [0.2, 0.25) is 0 Å². The number of fused-ring (bicyclic) bond motifs is 2. The fourth-order valence-corrected chi connectivity index (χ4v) is 4.28. The number of rotatable bonds is 5. The SMILES string of the molecule is CNc1cccc(N(C)CC2CC3CCC2C3)c1[N+](=O)[O-]. The molecule has 5 heteroatoms. The van der Waals surface area contributed by atoms with Crippen molar-refractivity contribution in [3.05, 3.63) is 28.3 Å². The van der Waals surface area contributed by atoms with Crippen LogP contribution in [0.25, 0.3) is 0 Å². The summed E-state index contributed by atoms with van der Waals surface area (Å²) in [6, 6.07) is 5.49. The van der Waals surface area contributed by atoms with Crippen LogP contribution in [-0.2, 0) is 0 Å². The van der Waals surface area contributed by atoms with E-state index in [1.807, 2.05) is 19.2 Å². The van der Waals surface area contributed by atoms with Crippen molar-refractivity contribution in [3.8, 4) is 0 Å². The Morgan fingerprint density at radius 3 is 2.76 bits per heavy atom. The number of hydrogen-bond donors (Lipinski definition) is 1. The maximum atomic E-state index is 11.4. The van der Waals surface area contributed by atoms with E-state index in [1.165, 1.54) is 25.7 Å². The van der Waals surface area contributed by atoms with Gasteiger partial charge >= 0.3 is 5.69 Å². The molecular weight excluding hydrogens is 266 g/mol. The van der Waals surface area contributed by atoms with E-state index in [1.54, 1.807) is 13.1 Å². The van der Waals surface area contributed by atoms with Crippen molar-refractivity contribution in [2.75, 3.05) is 30.9 Å². The third-order valence-electron chi connectivity index (χ3n) is 5.27. The van der Waals surface area contributed by atoms with Gasteiger partial charge in [0.1, 0.15) is 11.4 Å². The second-order valence-electron chi connectivity index (χ2n) is 6.50. The van der Waals surface area contributed by atoms with Gasteiger partial charge in [0.2, 0.25) is 0 Å². The van der Waals surface area contributed by atoms with Crippen LogP contribution in [0, 0.1) is 27.9 Å². The normalized spacial score (nSPS) is 26.9. The summed E-state index contributed by atoms with van der Waals surface area (Å²) in [4.78, 5) is 13.2. The molecule has 0 heterocycles. The molecule has 2 aliphatic carbocycles. The lowest BCUT2D eigenvalue weighted by Crippen LogP contribution is -2.29. The number of nitro benzene ring substituents is 1. The molecule has 2 aliphatic rings. The van der Waals surface area contributed by atoms with Crippen molar-refractivity contribution in [1.82, 2.24) is 0 Å². The number of benzene rings is 1. The molecule has 0 spiro atoms. The van der Waals surface area contributed by atoms with Crippen LogP contribution in [-0.4, -0.2) is 25.6 Å². The van der Waals surface area contributed by atoms with Crippen LogP contribution >= 0.6 is 0 Å². The molecule has 21 heavy (non-hydrogen) atoms. The molecule has 0 aromatic heterocycles. The molecule has 2 saturated carbocycles. The van der Waals surface area contributed by atoms with Crippen molar-refractivity contribution >= 4 is 17.1 Å². The number of anilines is 2. The van der Waals surface area contributed by atoms with E-state index in [9.17, 15) is 10.1 Å². The van der Waals surface area contributed by atoms with Gasteiger partial charge in [0, 0.05) is 20.6 Å². The van der Waals surface area contributed by atoms with Crippen LogP contribution in [0.3, 0.4) is 0 Å². The monoisotopic (exact) mass is 289 g/mol. The smallest absolute Gasteiger partial charge is 0.315 e. The second kappa shape index (κ2) is 5.54. The maximum Gasteiger partial charge on any atom is 0.315 e. The molecule has 1 aromatic rings. The summed E-state index contributed by atoms with van der Waals surface area (Å²) in [5, 5.41) is 14.3. The minimum atomic E-state index is -0.279. The molecule has 1 N–H and O–H groups in total. The lowest BCUT2D eigenvalue weighted by atomic mass is 9.88. The molecule has 1 aromatic carbocycles. The van der Waals surface area contributed by atoms with Gasteiger partial charge in [-0.3, -0.25) is 10.1 Å². The highest BCUT2D eigenvalue weighted by atomic mass is 16.6. The molecule has 5 nitrogen and oxygen atoms in total. The van der Waals surface area contributed by atoms with Crippen molar-refractivity contribution in [1.29, 1.82) is 0 Å².